The number of hydrogen-bond donors (Lipinski definition) is 3. The van der Waals surface area contributed by atoms with Crippen LogP contribution in [0, 0.1) is 5.92 Å². The summed E-state index contributed by atoms with van der Waals surface area (Å²) >= 11 is 0. The van der Waals surface area contributed by atoms with Crippen LogP contribution in [0.4, 0.5) is 5.69 Å². The third-order valence-electron chi connectivity index (χ3n) is 6.91. The molecule has 174 valence electrons. The largest absolute Gasteiger partial charge is 0.394 e. The molecule has 3 rings (SSSR count). The number of hydrogen-bond acceptors (Lipinski definition) is 3. The fraction of sp³-hybridized carbons (Fsp3) is 0.519. The van der Waals surface area contributed by atoms with Crippen molar-refractivity contribution in [2.24, 2.45) is 5.92 Å². The van der Waals surface area contributed by atoms with Gasteiger partial charge in [0, 0.05) is 29.7 Å². The van der Waals surface area contributed by atoms with Crippen molar-refractivity contribution in [3.63, 3.8) is 0 Å². The highest BCUT2D eigenvalue weighted by molar-refractivity contribution is 6.00. The molecule has 5 nitrogen and oxygen atoms in total. The molecule has 0 radical (unpaired) electrons. The number of amides is 1. The van der Waals surface area contributed by atoms with Gasteiger partial charge in [0.1, 0.15) is 6.04 Å². The first-order valence-electron chi connectivity index (χ1n) is 11.7. The van der Waals surface area contributed by atoms with Crippen LogP contribution < -0.4 is 10.2 Å². The minimum absolute atomic E-state index is 0.0365. The number of aromatic nitrogens is 1. The molecule has 0 bridgehead atoms. The molecule has 2 unspecified atom stereocenters. The van der Waals surface area contributed by atoms with Crippen molar-refractivity contribution in [3.05, 3.63) is 53.8 Å². The number of nitrogens with one attached hydrogen (secondary N) is 2. The Bertz CT molecular complexity index is 1020. The number of likely N-dealkylation sites (N-methyl/N-ethyl adjacent to an activating group) is 1. The summed E-state index contributed by atoms with van der Waals surface area (Å²) in [6, 6.07) is 3.71. The van der Waals surface area contributed by atoms with E-state index in [0.717, 1.165) is 35.0 Å². The minimum atomic E-state index is -0.317. The molecule has 5 heteroatoms. The van der Waals surface area contributed by atoms with Crippen LogP contribution in [0.3, 0.4) is 0 Å². The van der Waals surface area contributed by atoms with E-state index in [0.29, 0.717) is 6.42 Å². The lowest BCUT2D eigenvalue weighted by atomic mass is 9.77. The maximum atomic E-state index is 13.1. The standard InChI is InChI=1S/C27H39N3O2/c1-8-27(6,13-9-10-17(2)3)21-11-12-22-23-19(15-28-24(21)23)14-20(16-31)29-26(32)25(18(4)5)30(22)7/h8,10-12,15,18,20,25,28,31H,1,9,13-14,16H2,2-7H3,(H,29,32)/t20?,25?,27-/m0/s1. The molecule has 3 N–H and O–H groups in total. The van der Waals surface area contributed by atoms with Gasteiger partial charge in [0.05, 0.1) is 18.2 Å². The van der Waals surface area contributed by atoms with Gasteiger partial charge in [-0.05, 0) is 56.2 Å². The molecular formula is C27H39N3O2. The Morgan fingerprint density at radius 1 is 1.38 bits per heavy atom. The molecule has 1 amide bonds. The van der Waals surface area contributed by atoms with Gasteiger partial charge in [-0.2, -0.15) is 0 Å². The summed E-state index contributed by atoms with van der Waals surface area (Å²) in [7, 11) is 2.00. The Balaban J connectivity index is 2.20. The average molecular weight is 438 g/mol. The first kappa shape index (κ1) is 24.1. The van der Waals surface area contributed by atoms with Gasteiger partial charge >= 0.3 is 0 Å². The van der Waals surface area contributed by atoms with E-state index in [1.54, 1.807) is 0 Å². The Morgan fingerprint density at radius 2 is 2.09 bits per heavy atom. The van der Waals surface area contributed by atoms with Crippen molar-refractivity contribution in [2.45, 2.75) is 71.4 Å². The summed E-state index contributed by atoms with van der Waals surface area (Å²) in [5.41, 5.74) is 5.61. The third-order valence-corrected chi connectivity index (χ3v) is 6.91. The third kappa shape index (κ3) is 4.49. The topological polar surface area (TPSA) is 68.4 Å². The predicted octanol–water partition coefficient (Wildman–Crippen LogP) is 4.85. The van der Waals surface area contributed by atoms with Gasteiger partial charge in [-0.15, -0.1) is 6.58 Å². The zero-order valence-corrected chi connectivity index (χ0v) is 20.5. The summed E-state index contributed by atoms with van der Waals surface area (Å²) in [6.45, 7) is 14.7. The number of aliphatic hydroxyl groups excluding tert-OH is 1. The lowest BCUT2D eigenvalue weighted by molar-refractivity contribution is -0.124. The number of carbonyl (C=O) groups excluding carboxylic acids is 1. The Hall–Kier alpha value is -2.53. The maximum absolute atomic E-state index is 13.1. The Labute approximate surface area is 192 Å². The van der Waals surface area contributed by atoms with Gasteiger partial charge < -0.3 is 20.3 Å². The van der Waals surface area contributed by atoms with Crippen LogP contribution >= 0.6 is 0 Å². The molecule has 1 aromatic heterocycles. The summed E-state index contributed by atoms with van der Waals surface area (Å²) in [4.78, 5) is 18.7. The molecule has 1 aliphatic heterocycles. The summed E-state index contributed by atoms with van der Waals surface area (Å²) in [6.07, 6.45) is 8.91. The molecule has 2 aromatic rings. The summed E-state index contributed by atoms with van der Waals surface area (Å²) in [5, 5.41) is 14.2. The lowest BCUT2D eigenvalue weighted by Gasteiger charge is -2.33. The van der Waals surface area contributed by atoms with E-state index in [1.807, 2.05) is 13.2 Å². The van der Waals surface area contributed by atoms with E-state index in [2.05, 4.69) is 80.7 Å². The number of aliphatic hydroxyl groups is 1. The zero-order valence-electron chi connectivity index (χ0n) is 20.5. The molecule has 2 heterocycles. The second-order valence-corrected chi connectivity index (χ2v) is 10.0. The molecule has 1 aromatic carbocycles. The number of H-pyrrole nitrogens is 1. The number of aromatic amines is 1. The number of anilines is 1. The maximum Gasteiger partial charge on any atom is 0.243 e. The van der Waals surface area contributed by atoms with Gasteiger partial charge in [-0.3, -0.25) is 4.79 Å². The second-order valence-electron chi connectivity index (χ2n) is 10.0. The van der Waals surface area contributed by atoms with Crippen LogP contribution in [-0.2, 0) is 16.6 Å². The van der Waals surface area contributed by atoms with Gasteiger partial charge in [-0.1, -0.05) is 44.6 Å². The number of nitrogens with zero attached hydrogens (tertiary/aromatic N) is 1. The fourth-order valence-electron chi connectivity index (χ4n) is 5.03. The summed E-state index contributed by atoms with van der Waals surface area (Å²) in [5.74, 6) is 0.0858. The van der Waals surface area contributed by atoms with Gasteiger partial charge in [-0.25, -0.2) is 0 Å². The van der Waals surface area contributed by atoms with Gasteiger partial charge in [0.2, 0.25) is 5.91 Å². The highest BCUT2D eigenvalue weighted by atomic mass is 16.3. The Kier molecular flexibility index (Phi) is 7.19. The molecule has 0 saturated carbocycles. The second kappa shape index (κ2) is 9.53. The number of carbonyl (C=O) groups is 1. The van der Waals surface area contributed by atoms with E-state index < -0.39 is 0 Å². The predicted molar refractivity (Wildman–Crippen MR) is 134 cm³/mol. The van der Waals surface area contributed by atoms with Crippen molar-refractivity contribution in [3.8, 4) is 0 Å². The van der Waals surface area contributed by atoms with Crippen molar-refractivity contribution < 1.29 is 9.90 Å². The van der Waals surface area contributed by atoms with Crippen molar-refractivity contribution in [1.82, 2.24) is 10.3 Å². The Morgan fingerprint density at radius 3 is 2.69 bits per heavy atom. The molecule has 0 aliphatic carbocycles. The van der Waals surface area contributed by atoms with Crippen LogP contribution in [0.2, 0.25) is 0 Å². The zero-order chi connectivity index (χ0) is 23.6. The molecule has 0 spiro atoms. The fourth-order valence-corrected chi connectivity index (χ4v) is 5.03. The molecule has 0 saturated heterocycles. The van der Waals surface area contributed by atoms with Crippen LogP contribution in [-0.4, -0.2) is 41.7 Å². The quantitative estimate of drug-likeness (QED) is 0.542. The average Bonchev–Trinajstić information content (AvgIpc) is 3.16. The first-order valence-corrected chi connectivity index (χ1v) is 11.7. The van der Waals surface area contributed by atoms with E-state index in [4.69, 9.17) is 0 Å². The number of allylic oxidation sites excluding steroid dienone is 3. The normalized spacial score (nSPS) is 20.9. The van der Waals surface area contributed by atoms with Crippen LogP contribution in [0.1, 0.15) is 58.6 Å². The molecule has 3 atom stereocenters. The van der Waals surface area contributed by atoms with E-state index >= 15 is 0 Å². The smallest absolute Gasteiger partial charge is 0.243 e. The van der Waals surface area contributed by atoms with Crippen LogP contribution in [0.5, 0.6) is 0 Å². The van der Waals surface area contributed by atoms with Crippen LogP contribution in [0.25, 0.3) is 10.9 Å². The monoisotopic (exact) mass is 437 g/mol. The van der Waals surface area contributed by atoms with E-state index in [1.165, 1.54) is 11.1 Å². The SMILES string of the molecule is C=C[C@@](C)(CCC=C(C)C)c1ccc2c3c(c[nH]c13)CC(CO)NC(=O)C(C(C)C)N2C. The lowest BCUT2D eigenvalue weighted by Crippen LogP contribution is -2.52. The van der Waals surface area contributed by atoms with Crippen molar-refractivity contribution in [1.29, 1.82) is 0 Å². The van der Waals surface area contributed by atoms with E-state index in [9.17, 15) is 9.90 Å². The van der Waals surface area contributed by atoms with Gasteiger partial charge in [0.15, 0.2) is 0 Å². The molecular weight excluding hydrogens is 398 g/mol. The molecule has 32 heavy (non-hydrogen) atoms. The minimum Gasteiger partial charge on any atom is -0.394 e. The molecule has 0 fully saturated rings. The molecule has 1 aliphatic rings. The first-order chi connectivity index (χ1) is 15.1. The van der Waals surface area contributed by atoms with Gasteiger partial charge in [0.25, 0.3) is 0 Å². The van der Waals surface area contributed by atoms with Crippen molar-refractivity contribution >= 4 is 22.5 Å². The number of benzene rings is 1. The van der Waals surface area contributed by atoms with Crippen molar-refractivity contribution in [2.75, 3.05) is 18.6 Å². The summed E-state index contributed by atoms with van der Waals surface area (Å²) < 4.78 is 0. The highest BCUT2D eigenvalue weighted by Crippen LogP contribution is 2.41. The van der Waals surface area contributed by atoms with Crippen LogP contribution in [0.15, 0.2) is 42.6 Å². The number of rotatable bonds is 7. The van der Waals surface area contributed by atoms with E-state index in [-0.39, 0.29) is 35.9 Å². The highest BCUT2D eigenvalue weighted by Gasteiger charge is 2.34.